The lowest BCUT2D eigenvalue weighted by atomic mass is 9.92. The van der Waals surface area contributed by atoms with Crippen LogP contribution in [0.1, 0.15) is 36.8 Å². The molecule has 2 rings (SSSR count). The standard InChI is InChI=1S/C13H20N2O.ClH/c1-3-10-7-12(9-15-13(10)16-2)11-5-4-6-14-8-11;/h7,9,11,14H,3-6,8H2,1-2H3;1H. The minimum atomic E-state index is 0. The molecular weight excluding hydrogens is 236 g/mol. The van der Waals surface area contributed by atoms with Crippen LogP contribution in [0.4, 0.5) is 0 Å². The van der Waals surface area contributed by atoms with E-state index in [4.69, 9.17) is 4.74 Å². The number of hydrogen-bond donors (Lipinski definition) is 1. The van der Waals surface area contributed by atoms with Gasteiger partial charge in [-0.25, -0.2) is 4.98 Å². The lowest BCUT2D eigenvalue weighted by molar-refractivity contribution is 0.391. The number of aryl methyl sites for hydroxylation is 1. The molecule has 2 heterocycles. The van der Waals surface area contributed by atoms with Crippen LogP contribution in [0.15, 0.2) is 12.3 Å². The Kier molecular flexibility index (Phi) is 5.72. The highest BCUT2D eigenvalue weighted by molar-refractivity contribution is 5.85. The maximum Gasteiger partial charge on any atom is 0.216 e. The van der Waals surface area contributed by atoms with Crippen molar-refractivity contribution in [1.82, 2.24) is 10.3 Å². The van der Waals surface area contributed by atoms with Crippen LogP contribution in [0.3, 0.4) is 0 Å². The molecule has 96 valence electrons. The molecule has 0 spiro atoms. The maximum atomic E-state index is 5.25. The zero-order valence-corrected chi connectivity index (χ0v) is 11.3. The van der Waals surface area contributed by atoms with Crippen LogP contribution in [-0.2, 0) is 6.42 Å². The van der Waals surface area contributed by atoms with Crippen molar-refractivity contribution in [2.75, 3.05) is 20.2 Å². The molecule has 0 aliphatic carbocycles. The van der Waals surface area contributed by atoms with Gasteiger partial charge in [-0.05, 0) is 43.4 Å². The summed E-state index contributed by atoms with van der Waals surface area (Å²) in [4.78, 5) is 4.39. The Morgan fingerprint density at radius 1 is 1.53 bits per heavy atom. The summed E-state index contributed by atoms with van der Waals surface area (Å²) in [6.07, 6.45) is 5.47. The highest BCUT2D eigenvalue weighted by Gasteiger charge is 2.16. The molecule has 4 heteroatoms. The molecular formula is C13H21ClN2O. The van der Waals surface area contributed by atoms with Gasteiger partial charge in [0.1, 0.15) is 0 Å². The fourth-order valence-corrected chi connectivity index (χ4v) is 2.31. The predicted octanol–water partition coefficient (Wildman–Crippen LogP) is 2.54. The molecule has 1 aliphatic rings. The zero-order valence-electron chi connectivity index (χ0n) is 10.5. The summed E-state index contributed by atoms with van der Waals surface area (Å²) >= 11 is 0. The number of pyridine rings is 1. The third kappa shape index (κ3) is 3.33. The van der Waals surface area contributed by atoms with Crippen molar-refractivity contribution in [2.45, 2.75) is 32.1 Å². The first kappa shape index (κ1) is 14.3. The van der Waals surface area contributed by atoms with E-state index in [1.807, 2.05) is 6.20 Å². The number of halogens is 1. The Bertz CT molecular complexity index is 351. The van der Waals surface area contributed by atoms with Gasteiger partial charge in [-0.1, -0.05) is 6.92 Å². The van der Waals surface area contributed by atoms with E-state index >= 15 is 0 Å². The van der Waals surface area contributed by atoms with Gasteiger partial charge in [0.25, 0.3) is 0 Å². The molecule has 0 amide bonds. The number of aromatic nitrogens is 1. The molecule has 1 saturated heterocycles. The van der Waals surface area contributed by atoms with Crippen molar-refractivity contribution in [3.63, 3.8) is 0 Å². The van der Waals surface area contributed by atoms with Gasteiger partial charge in [0.2, 0.25) is 5.88 Å². The Morgan fingerprint density at radius 2 is 2.35 bits per heavy atom. The van der Waals surface area contributed by atoms with Crippen LogP contribution >= 0.6 is 12.4 Å². The lowest BCUT2D eigenvalue weighted by Gasteiger charge is -2.23. The Balaban J connectivity index is 0.00000144. The summed E-state index contributed by atoms with van der Waals surface area (Å²) in [5.74, 6) is 1.40. The number of ether oxygens (including phenoxy) is 1. The maximum absolute atomic E-state index is 5.25. The van der Waals surface area contributed by atoms with Gasteiger partial charge >= 0.3 is 0 Å². The Morgan fingerprint density at radius 3 is 2.94 bits per heavy atom. The number of rotatable bonds is 3. The quantitative estimate of drug-likeness (QED) is 0.903. The Labute approximate surface area is 109 Å². The van der Waals surface area contributed by atoms with Gasteiger partial charge in [-0.15, -0.1) is 12.4 Å². The summed E-state index contributed by atoms with van der Waals surface area (Å²) in [5.41, 5.74) is 2.57. The molecule has 1 aromatic heterocycles. The van der Waals surface area contributed by atoms with E-state index in [1.54, 1.807) is 7.11 Å². The summed E-state index contributed by atoms with van der Waals surface area (Å²) in [6, 6.07) is 2.25. The fourth-order valence-electron chi connectivity index (χ4n) is 2.31. The summed E-state index contributed by atoms with van der Waals surface area (Å²) in [5, 5.41) is 3.44. The number of hydrogen-bond acceptors (Lipinski definition) is 3. The molecule has 1 N–H and O–H groups in total. The molecule has 0 bridgehead atoms. The first-order valence-corrected chi connectivity index (χ1v) is 6.08. The van der Waals surface area contributed by atoms with E-state index in [9.17, 15) is 0 Å². The molecule has 0 radical (unpaired) electrons. The Hall–Kier alpha value is -0.800. The molecule has 1 aliphatic heterocycles. The van der Waals surface area contributed by atoms with Gasteiger partial charge in [0.05, 0.1) is 7.11 Å². The summed E-state index contributed by atoms with van der Waals surface area (Å²) < 4.78 is 5.25. The highest BCUT2D eigenvalue weighted by Crippen LogP contribution is 2.26. The van der Waals surface area contributed by atoms with Crippen molar-refractivity contribution in [3.05, 3.63) is 23.4 Å². The normalized spacial score (nSPS) is 19.5. The van der Waals surface area contributed by atoms with Gasteiger partial charge < -0.3 is 10.1 Å². The third-order valence-corrected chi connectivity index (χ3v) is 3.29. The average Bonchev–Trinajstić information content (AvgIpc) is 2.39. The molecule has 17 heavy (non-hydrogen) atoms. The van der Waals surface area contributed by atoms with Crippen molar-refractivity contribution in [2.24, 2.45) is 0 Å². The number of nitrogens with one attached hydrogen (secondary N) is 1. The second-order valence-electron chi connectivity index (χ2n) is 4.33. The van der Waals surface area contributed by atoms with E-state index in [0.29, 0.717) is 5.92 Å². The van der Waals surface area contributed by atoms with E-state index in [-0.39, 0.29) is 12.4 Å². The minimum absolute atomic E-state index is 0. The van der Waals surface area contributed by atoms with E-state index in [0.717, 1.165) is 25.4 Å². The fraction of sp³-hybridized carbons (Fsp3) is 0.615. The first-order valence-electron chi connectivity index (χ1n) is 6.08. The van der Waals surface area contributed by atoms with Crippen LogP contribution in [0.5, 0.6) is 5.88 Å². The topological polar surface area (TPSA) is 34.2 Å². The summed E-state index contributed by atoms with van der Waals surface area (Å²) in [7, 11) is 1.68. The van der Waals surface area contributed by atoms with E-state index in [2.05, 4.69) is 23.3 Å². The number of nitrogens with zero attached hydrogens (tertiary/aromatic N) is 1. The van der Waals surface area contributed by atoms with Gasteiger partial charge in [0.15, 0.2) is 0 Å². The SMILES string of the molecule is CCc1cc(C2CCCNC2)cnc1OC.Cl. The monoisotopic (exact) mass is 256 g/mol. The third-order valence-electron chi connectivity index (χ3n) is 3.29. The minimum Gasteiger partial charge on any atom is -0.481 e. The molecule has 0 aromatic carbocycles. The average molecular weight is 257 g/mol. The molecule has 1 atom stereocenters. The summed E-state index contributed by atoms with van der Waals surface area (Å²) in [6.45, 7) is 4.38. The molecule has 0 saturated carbocycles. The lowest BCUT2D eigenvalue weighted by Crippen LogP contribution is -2.28. The molecule has 1 unspecified atom stereocenters. The number of piperidine rings is 1. The largest absolute Gasteiger partial charge is 0.481 e. The van der Waals surface area contributed by atoms with Crippen LogP contribution in [-0.4, -0.2) is 25.2 Å². The van der Waals surface area contributed by atoms with Crippen molar-refractivity contribution < 1.29 is 4.74 Å². The smallest absolute Gasteiger partial charge is 0.216 e. The number of methoxy groups -OCH3 is 1. The van der Waals surface area contributed by atoms with Crippen LogP contribution in [0.2, 0.25) is 0 Å². The second kappa shape index (κ2) is 6.82. The van der Waals surface area contributed by atoms with E-state index in [1.165, 1.54) is 24.0 Å². The van der Waals surface area contributed by atoms with Gasteiger partial charge in [-0.3, -0.25) is 0 Å². The molecule has 1 aromatic rings. The van der Waals surface area contributed by atoms with Crippen LogP contribution < -0.4 is 10.1 Å². The van der Waals surface area contributed by atoms with Crippen molar-refractivity contribution in [1.29, 1.82) is 0 Å². The molecule has 1 fully saturated rings. The van der Waals surface area contributed by atoms with E-state index < -0.39 is 0 Å². The zero-order chi connectivity index (χ0) is 11.4. The van der Waals surface area contributed by atoms with Crippen molar-refractivity contribution >= 4 is 12.4 Å². The van der Waals surface area contributed by atoms with Crippen molar-refractivity contribution in [3.8, 4) is 5.88 Å². The van der Waals surface area contributed by atoms with Crippen LogP contribution in [0.25, 0.3) is 0 Å². The van der Waals surface area contributed by atoms with Crippen LogP contribution in [0, 0.1) is 0 Å². The second-order valence-corrected chi connectivity index (χ2v) is 4.33. The predicted molar refractivity (Wildman–Crippen MR) is 72.3 cm³/mol. The van der Waals surface area contributed by atoms with Gasteiger partial charge in [-0.2, -0.15) is 0 Å². The molecule has 3 nitrogen and oxygen atoms in total. The first-order chi connectivity index (χ1) is 7.85. The van der Waals surface area contributed by atoms with Gasteiger partial charge in [0, 0.05) is 18.3 Å². The highest BCUT2D eigenvalue weighted by atomic mass is 35.5.